The van der Waals surface area contributed by atoms with Crippen molar-refractivity contribution < 1.29 is 55.9 Å². The van der Waals surface area contributed by atoms with Crippen molar-refractivity contribution in [3.8, 4) is 0 Å². The van der Waals surface area contributed by atoms with E-state index in [1.165, 1.54) is 17.0 Å². The summed E-state index contributed by atoms with van der Waals surface area (Å²) < 4.78 is 67.8. The lowest BCUT2D eigenvalue weighted by Crippen LogP contribution is -3.06. The van der Waals surface area contributed by atoms with Gasteiger partial charge in [0.05, 0.1) is 25.1 Å². The minimum absolute atomic E-state index is 0.0962. The number of ether oxygens (including phenoxy) is 6. The van der Waals surface area contributed by atoms with Crippen molar-refractivity contribution in [2.24, 2.45) is 17.3 Å². The molecule has 13 heteroatoms. The number of cyclic esters (lactones) is 1. The summed E-state index contributed by atoms with van der Waals surface area (Å²) in [4.78, 5) is 26.2. The SMILES string of the molecule is CC(C)[C@]12O[C@H]1[C@@H]1O[C@]13[C@]1(O[C@H]1C[C@H]1C4=C(CC[C@@]13C)C(=O)OC4)[C@@H]2OC(=O)OCC[NH+](C)C.Cc1ccc(S(=O)(=O)[O-])cc1. The summed E-state index contributed by atoms with van der Waals surface area (Å²) >= 11 is 0. The van der Waals surface area contributed by atoms with Crippen LogP contribution in [0.2, 0.25) is 0 Å². The number of hydrogen-bond acceptors (Lipinski definition) is 11. The van der Waals surface area contributed by atoms with Gasteiger partial charge in [-0.1, -0.05) is 38.5 Å². The number of carbonyl (C=O) groups is 2. The maximum absolute atomic E-state index is 12.9. The number of fused-ring (bicyclic) bond motifs is 4. The van der Waals surface area contributed by atoms with Crippen LogP contribution in [0.3, 0.4) is 0 Å². The smallest absolute Gasteiger partial charge is 0.508 e. The third-order valence-corrected chi connectivity index (χ3v) is 12.3. The first-order chi connectivity index (χ1) is 21.1. The van der Waals surface area contributed by atoms with Crippen LogP contribution >= 0.6 is 0 Å². The summed E-state index contributed by atoms with van der Waals surface area (Å²) in [5, 5.41) is 0. The largest absolute Gasteiger partial charge is 0.744 e. The van der Waals surface area contributed by atoms with Gasteiger partial charge >= 0.3 is 12.1 Å². The number of quaternary nitrogens is 1. The summed E-state index contributed by atoms with van der Waals surface area (Å²) in [7, 11) is -0.251. The summed E-state index contributed by atoms with van der Waals surface area (Å²) in [6, 6.07) is 5.78. The maximum atomic E-state index is 12.9. The topological polar surface area (TPSA) is 161 Å². The van der Waals surface area contributed by atoms with Crippen molar-refractivity contribution in [1.29, 1.82) is 0 Å². The molecule has 1 aromatic rings. The summed E-state index contributed by atoms with van der Waals surface area (Å²) in [6.07, 6.45) is 0.632. The van der Waals surface area contributed by atoms with Crippen LogP contribution in [0, 0.1) is 24.2 Å². The molecule has 2 spiro atoms. The molecule has 3 saturated heterocycles. The molecule has 4 heterocycles. The van der Waals surface area contributed by atoms with Crippen molar-refractivity contribution in [3.63, 3.8) is 0 Å². The Morgan fingerprint density at radius 1 is 1.13 bits per heavy atom. The third-order valence-electron chi connectivity index (χ3n) is 11.4. The van der Waals surface area contributed by atoms with Gasteiger partial charge in [0.25, 0.3) is 0 Å². The van der Waals surface area contributed by atoms with E-state index in [1.807, 2.05) is 21.0 Å². The molecule has 0 amide bonds. The molecule has 7 aliphatic rings. The normalized spacial score (nSPS) is 41.3. The molecule has 0 radical (unpaired) electrons. The predicted octanol–water partition coefficient (Wildman–Crippen LogP) is 1.31. The van der Waals surface area contributed by atoms with Gasteiger partial charge in [0, 0.05) is 11.0 Å². The Hall–Kier alpha value is -2.55. The second-order valence-corrected chi connectivity index (χ2v) is 15.7. The lowest BCUT2D eigenvalue weighted by molar-refractivity contribution is -0.858. The second kappa shape index (κ2) is 9.98. The fourth-order valence-electron chi connectivity index (χ4n) is 9.02. The van der Waals surface area contributed by atoms with Gasteiger partial charge in [0.15, 0.2) is 11.7 Å². The summed E-state index contributed by atoms with van der Waals surface area (Å²) in [6.45, 7) is 9.65. The third kappa shape index (κ3) is 4.23. The highest BCUT2D eigenvalue weighted by molar-refractivity contribution is 7.85. The summed E-state index contributed by atoms with van der Waals surface area (Å²) in [5.74, 6) is 0.0946. The van der Waals surface area contributed by atoms with E-state index >= 15 is 0 Å². The van der Waals surface area contributed by atoms with E-state index in [0.29, 0.717) is 26.2 Å². The monoisotopic (exact) mass is 647 g/mol. The van der Waals surface area contributed by atoms with Crippen molar-refractivity contribution >= 4 is 22.2 Å². The minimum Gasteiger partial charge on any atom is -0.744 e. The van der Waals surface area contributed by atoms with Gasteiger partial charge in [0.2, 0.25) is 0 Å². The number of rotatable bonds is 6. The molecule has 1 N–H and O–H groups in total. The molecule has 1 aromatic carbocycles. The average Bonchev–Trinajstić information content (AvgIpc) is 3.87. The van der Waals surface area contributed by atoms with Gasteiger partial charge in [-0.15, -0.1) is 0 Å². The van der Waals surface area contributed by atoms with E-state index in [4.69, 9.17) is 28.4 Å². The molecule has 45 heavy (non-hydrogen) atoms. The molecule has 3 aliphatic carbocycles. The van der Waals surface area contributed by atoms with E-state index in [1.54, 1.807) is 12.1 Å². The van der Waals surface area contributed by atoms with Gasteiger partial charge < -0.3 is 37.9 Å². The Morgan fingerprint density at radius 2 is 1.84 bits per heavy atom. The van der Waals surface area contributed by atoms with Crippen molar-refractivity contribution in [3.05, 3.63) is 41.0 Å². The highest BCUT2D eigenvalue weighted by atomic mass is 32.2. The predicted molar refractivity (Wildman–Crippen MR) is 154 cm³/mol. The Bertz CT molecular complexity index is 1570. The Balaban J connectivity index is 0.000000252. The number of epoxide rings is 3. The van der Waals surface area contributed by atoms with Crippen LogP contribution in [0.5, 0.6) is 0 Å². The molecule has 2 saturated carbocycles. The quantitative estimate of drug-likeness (QED) is 0.269. The molecule has 9 atom stereocenters. The first-order valence-electron chi connectivity index (χ1n) is 15.7. The van der Waals surface area contributed by atoms with Crippen LogP contribution in [0.4, 0.5) is 4.79 Å². The van der Waals surface area contributed by atoms with Crippen LogP contribution < -0.4 is 4.90 Å². The Kier molecular flexibility index (Phi) is 6.89. The number of aryl methyl sites for hydroxylation is 1. The number of benzene rings is 1. The highest BCUT2D eigenvalue weighted by Crippen LogP contribution is 2.83. The zero-order chi connectivity index (χ0) is 32.3. The first-order valence-corrected chi connectivity index (χ1v) is 17.1. The Labute approximate surface area is 263 Å². The zero-order valence-electron chi connectivity index (χ0n) is 26.4. The molecule has 0 unspecified atom stereocenters. The molecule has 4 aliphatic heterocycles. The molecular formula is C32H41NO11S. The van der Waals surface area contributed by atoms with Crippen LogP contribution in [0.25, 0.3) is 0 Å². The number of likely N-dealkylation sites (N-methyl/N-ethyl adjacent to an activating group) is 1. The standard InChI is InChI=1S/C25H33NO8.C7H8O3S/c1-12(2)23-17(33-23)18-25(34-18)22(3)7-6-13-14(11-30-19(13)27)15(22)10-16-24(25,32-16)20(23)31-21(28)29-9-8-26(4)5;1-6-2-4-7(5-3-6)11(8,9)10/h12,15-18,20H,6-11H2,1-5H3;2-5H,1H3,(H,8,9,10)/t15-,16-,17-,18-,20+,22-,23-,24+,25+;/m0./s1. The van der Waals surface area contributed by atoms with E-state index < -0.39 is 39.2 Å². The van der Waals surface area contributed by atoms with Gasteiger partial charge in [-0.3, -0.25) is 0 Å². The van der Waals surface area contributed by atoms with Crippen molar-refractivity contribution in [2.45, 2.75) is 93.1 Å². The van der Waals surface area contributed by atoms with Crippen LogP contribution in [-0.2, 0) is 43.3 Å². The Morgan fingerprint density at radius 3 is 2.49 bits per heavy atom. The number of esters is 1. The molecule has 8 rings (SSSR count). The van der Waals surface area contributed by atoms with Gasteiger partial charge in [0.1, 0.15) is 53.3 Å². The molecule has 0 aromatic heterocycles. The molecule has 246 valence electrons. The van der Waals surface area contributed by atoms with E-state index in [2.05, 4.69) is 20.8 Å². The molecule has 0 bridgehead atoms. The minimum atomic E-state index is -4.27. The van der Waals surface area contributed by atoms with Crippen molar-refractivity contribution in [1.82, 2.24) is 0 Å². The van der Waals surface area contributed by atoms with Crippen LogP contribution in [-0.4, -0.2) is 100 Å². The fourth-order valence-corrected chi connectivity index (χ4v) is 9.49. The van der Waals surface area contributed by atoms with Crippen molar-refractivity contribution in [2.75, 3.05) is 33.9 Å². The second-order valence-electron chi connectivity index (χ2n) is 14.3. The van der Waals surface area contributed by atoms with E-state index in [-0.39, 0.29) is 46.4 Å². The fraction of sp³-hybridized carbons (Fsp3) is 0.688. The van der Waals surface area contributed by atoms with E-state index in [9.17, 15) is 22.6 Å². The van der Waals surface area contributed by atoms with Crippen LogP contribution in [0.1, 0.15) is 45.6 Å². The van der Waals surface area contributed by atoms with Gasteiger partial charge in [-0.2, -0.15) is 0 Å². The maximum Gasteiger partial charge on any atom is 0.508 e. The lowest BCUT2D eigenvalue weighted by Gasteiger charge is -2.53. The first kappa shape index (κ1) is 31.1. The van der Waals surface area contributed by atoms with E-state index in [0.717, 1.165) is 29.6 Å². The zero-order valence-corrected chi connectivity index (χ0v) is 27.2. The molecule has 12 nitrogen and oxygen atoms in total. The lowest BCUT2D eigenvalue weighted by atomic mass is 9.46. The van der Waals surface area contributed by atoms with Gasteiger partial charge in [-0.05, 0) is 55.7 Å². The summed E-state index contributed by atoms with van der Waals surface area (Å²) in [5.41, 5.74) is 0.665. The average molecular weight is 648 g/mol. The molecular weight excluding hydrogens is 606 g/mol. The number of hydrogen-bond donors (Lipinski definition) is 1. The molecule has 5 fully saturated rings. The van der Waals surface area contributed by atoms with Crippen LogP contribution in [0.15, 0.2) is 40.3 Å². The number of carbonyl (C=O) groups excluding carboxylic acids is 2. The number of nitrogens with one attached hydrogen (secondary N) is 1. The highest BCUT2D eigenvalue weighted by Gasteiger charge is 3.01. The van der Waals surface area contributed by atoms with Gasteiger partial charge in [-0.25, -0.2) is 18.0 Å².